The van der Waals surface area contributed by atoms with Crippen molar-refractivity contribution in [1.82, 2.24) is 0 Å². The van der Waals surface area contributed by atoms with Crippen LogP contribution in [0.4, 0.5) is 15.8 Å². The Kier molecular flexibility index (Phi) is 3.45. The van der Waals surface area contributed by atoms with Gasteiger partial charge in [0, 0.05) is 19.2 Å². The van der Waals surface area contributed by atoms with E-state index in [9.17, 15) is 9.18 Å². The third-order valence-electron chi connectivity index (χ3n) is 1.66. The molecule has 0 atom stereocenters. The minimum atomic E-state index is -0.429. The number of carbonyl (C=O) groups excluding carboxylic acids is 1. The van der Waals surface area contributed by atoms with Crippen LogP contribution < -0.4 is 10.6 Å². The maximum absolute atomic E-state index is 13.1. The zero-order valence-corrected chi connectivity index (χ0v) is 8.23. The van der Waals surface area contributed by atoms with Crippen molar-refractivity contribution < 1.29 is 9.18 Å². The summed E-state index contributed by atoms with van der Waals surface area (Å²) in [5.74, 6) is -0.709. The molecule has 14 heavy (non-hydrogen) atoms. The zero-order chi connectivity index (χ0) is 10.6. The fourth-order valence-electron chi connectivity index (χ4n) is 1.12. The van der Waals surface area contributed by atoms with E-state index in [0.29, 0.717) is 0 Å². The topological polar surface area (TPSA) is 41.1 Å². The SMILES string of the molecule is CCNc1ccc(F)c(NC(C)=O)c1. The molecule has 0 spiro atoms. The van der Waals surface area contributed by atoms with Crippen LogP contribution in [0.3, 0.4) is 0 Å². The summed E-state index contributed by atoms with van der Waals surface area (Å²) in [6.45, 7) is 4.05. The van der Waals surface area contributed by atoms with Crippen LogP contribution in [0, 0.1) is 5.82 Å². The van der Waals surface area contributed by atoms with Gasteiger partial charge in [0.05, 0.1) is 5.69 Å². The van der Waals surface area contributed by atoms with Gasteiger partial charge in [0.2, 0.25) is 5.91 Å². The molecule has 1 amide bonds. The zero-order valence-electron chi connectivity index (χ0n) is 8.23. The molecule has 0 saturated heterocycles. The summed E-state index contributed by atoms with van der Waals surface area (Å²) < 4.78 is 13.1. The normalized spacial score (nSPS) is 9.64. The van der Waals surface area contributed by atoms with Crippen molar-refractivity contribution in [1.29, 1.82) is 0 Å². The van der Waals surface area contributed by atoms with Crippen molar-refractivity contribution in [3.63, 3.8) is 0 Å². The molecule has 3 nitrogen and oxygen atoms in total. The van der Waals surface area contributed by atoms with Gasteiger partial charge in [-0.2, -0.15) is 0 Å². The van der Waals surface area contributed by atoms with Gasteiger partial charge < -0.3 is 10.6 Å². The Bertz CT molecular complexity index is 339. The maximum Gasteiger partial charge on any atom is 0.221 e. The quantitative estimate of drug-likeness (QED) is 0.778. The van der Waals surface area contributed by atoms with E-state index in [1.54, 1.807) is 12.1 Å². The van der Waals surface area contributed by atoms with Crippen LogP contribution in [0.5, 0.6) is 0 Å². The predicted molar refractivity (Wildman–Crippen MR) is 54.9 cm³/mol. The van der Waals surface area contributed by atoms with Crippen LogP contribution in [-0.4, -0.2) is 12.5 Å². The van der Waals surface area contributed by atoms with Crippen molar-refractivity contribution in [2.75, 3.05) is 17.2 Å². The monoisotopic (exact) mass is 196 g/mol. The first kappa shape index (κ1) is 10.5. The van der Waals surface area contributed by atoms with Crippen molar-refractivity contribution >= 4 is 17.3 Å². The Morgan fingerprint density at radius 1 is 1.50 bits per heavy atom. The Labute approximate surface area is 82.3 Å². The summed E-state index contributed by atoms with van der Waals surface area (Å²) in [7, 11) is 0. The number of amides is 1. The fraction of sp³-hybridized carbons (Fsp3) is 0.300. The molecule has 0 radical (unpaired) electrons. The Balaban J connectivity index is 2.90. The Hall–Kier alpha value is -1.58. The minimum Gasteiger partial charge on any atom is -0.385 e. The molecule has 0 saturated carbocycles. The molecular weight excluding hydrogens is 183 g/mol. The van der Waals surface area contributed by atoms with E-state index in [1.807, 2.05) is 6.92 Å². The summed E-state index contributed by atoms with van der Waals surface area (Å²) in [5, 5.41) is 5.45. The lowest BCUT2D eigenvalue weighted by Gasteiger charge is -2.07. The molecule has 0 bridgehead atoms. The molecule has 2 N–H and O–H groups in total. The number of benzene rings is 1. The summed E-state index contributed by atoms with van der Waals surface area (Å²) in [5.41, 5.74) is 0.994. The van der Waals surface area contributed by atoms with E-state index in [-0.39, 0.29) is 11.6 Å². The molecule has 1 aromatic carbocycles. The van der Waals surface area contributed by atoms with E-state index in [1.165, 1.54) is 13.0 Å². The first-order valence-electron chi connectivity index (χ1n) is 4.44. The van der Waals surface area contributed by atoms with E-state index in [4.69, 9.17) is 0 Å². The number of rotatable bonds is 3. The van der Waals surface area contributed by atoms with Gasteiger partial charge in [-0.25, -0.2) is 4.39 Å². The Morgan fingerprint density at radius 2 is 2.21 bits per heavy atom. The van der Waals surface area contributed by atoms with E-state index in [0.717, 1.165) is 12.2 Å². The lowest BCUT2D eigenvalue weighted by atomic mass is 10.2. The molecule has 1 aromatic rings. The van der Waals surface area contributed by atoms with Gasteiger partial charge >= 0.3 is 0 Å². The number of hydrogen-bond donors (Lipinski definition) is 2. The van der Waals surface area contributed by atoms with Gasteiger partial charge in [-0.05, 0) is 25.1 Å². The minimum absolute atomic E-state index is 0.205. The van der Waals surface area contributed by atoms with Crippen molar-refractivity contribution in [2.24, 2.45) is 0 Å². The smallest absolute Gasteiger partial charge is 0.221 e. The highest BCUT2D eigenvalue weighted by atomic mass is 19.1. The summed E-state index contributed by atoms with van der Waals surface area (Å²) in [6, 6.07) is 4.52. The standard InChI is InChI=1S/C10H13FN2O/c1-3-12-8-4-5-9(11)10(6-8)13-7(2)14/h4-6,12H,3H2,1-2H3,(H,13,14). The van der Waals surface area contributed by atoms with Gasteiger partial charge in [0.1, 0.15) is 5.82 Å². The summed E-state index contributed by atoms with van der Waals surface area (Å²) >= 11 is 0. The van der Waals surface area contributed by atoms with Crippen molar-refractivity contribution in [3.8, 4) is 0 Å². The van der Waals surface area contributed by atoms with E-state index in [2.05, 4.69) is 10.6 Å². The van der Waals surface area contributed by atoms with Crippen LogP contribution >= 0.6 is 0 Å². The highest BCUT2D eigenvalue weighted by Gasteiger charge is 2.04. The maximum atomic E-state index is 13.1. The van der Waals surface area contributed by atoms with Gasteiger partial charge in [0.15, 0.2) is 0 Å². The molecule has 0 fully saturated rings. The van der Waals surface area contributed by atoms with E-state index < -0.39 is 5.82 Å². The molecule has 0 unspecified atom stereocenters. The largest absolute Gasteiger partial charge is 0.385 e. The number of halogens is 1. The van der Waals surface area contributed by atoms with Crippen molar-refractivity contribution in [3.05, 3.63) is 24.0 Å². The van der Waals surface area contributed by atoms with Crippen LogP contribution in [0.1, 0.15) is 13.8 Å². The third-order valence-corrected chi connectivity index (χ3v) is 1.66. The van der Waals surface area contributed by atoms with Gasteiger partial charge in [-0.3, -0.25) is 4.79 Å². The first-order valence-corrected chi connectivity index (χ1v) is 4.44. The lowest BCUT2D eigenvalue weighted by molar-refractivity contribution is -0.114. The second-order valence-electron chi connectivity index (χ2n) is 2.91. The third kappa shape index (κ3) is 2.73. The predicted octanol–water partition coefficient (Wildman–Crippen LogP) is 2.22. The lowest BCUT2D eigenvalue weighted by Crippen LogP contribution is -2.08. The van der Waals surface area contributed by atoms with Crippen LogP contribution in [0.2, 0.25) is 0 Å². The molecule has 1 rings (SSSR count). The van der Waals surface area contributed by atoms with Crippen LogP contribution in [-0.2, 0) is 4.79 Å². The molecule has 0 aliphatic heterocycles. The summed E-state index contributed by atoms with van der Waals surface area (Å²) in [6.07, 6.45) is 0. The Morgan fingerprint density at radius 3 is 2.79 bits per heavy atom. The van der Waals surface area contributed by atoms with E-state index >= 15 is 0 Å². The number of nitrogens with one attached hydrogen (secondary N) is 2. The number of anilines is 2. The van der Waals surface area contributed by atoms with Gasteiger partial charge in [-0.1, -0.05) is 0 Å². The first-order chi connectivity index (χ1) is 6.63. The van der Waals surface area contributed by atoms with Crippen LogP contribution in [0.25, 0.3) is 0 Å². The molecular formula is C10H13FN2O. The van der Waals surface area contributed by atoms with Crippen molar-refractivity contribution in [2.45, 2.75) is 13.8 Å². The highest BCUT2D eigenvalue weighted by Crippen LogP contribution is 2.19. The summed E-state index contributed by atoms with van der Waals surface area (Å²) in [4.78, 5) is 10.7. The van der Waals surface area contributed by atoms with Crippen LogP contribution in [0.15, 0.2) is 18.2 Å². The second-order valence-corrected chi connectivity index (χ2v) is 2.91. The molecule has 0 heterocycles. The van der Waals surface area contributed by atoms with Gasteiger partial charge in [-0.15, -0.1) is 0 Å². The highest BCUT2D eigenvalue weighted by molar-refractivity contribution is 5.89. The number of carbonyl (C=O) groups is 1. The molecule has 4 heteroatoms. The fourth-order valence-corrected chi connectivity index (χ4v) is 1.12. The van der Waals surface area contributed by atoms with Gasteiger partial charge in [0.25, 0.3) is 0 Å². The molecule has 76 valence electrons. The average molecular weight is 196 g/mol. The molecule has 0 aliphatic rings. The number of hydrogen-bond acceptors (Lipinski definition) is 2. The average Bonchev–Trinajstić information content (AvgIpc) is 2.10. The molecule has 0 aromatic heterocycles. The second kappa shape index (κ2) is 4.60. The molecule has 0 aliphatic carbocycles.